The third kappa shape index (κ3) is 4.62. The lowest BCUT2D eigenvalue weighted by molar-refractivity contribution is -0.112. The van der Waals surface area contributed by atoms with Crippen LogP contribution in [0.1, 0.15) is 30.4 Å². The third-order valence-electron chi connectivity index (χ3n) is 4.97. The Morgan fingerprint density at radius 1 is 0.655 bits per heavy atom. The van der Waals surface area contributed by atoms with Crippen molar-refractivity contribution >= 4 is 17.9 Å². The number of methoxy groups -OCH3 is 4. The highest BCUT2D eigenvalue weighted by molar-refractivity contribution is 6.14. The normalized spacial score (nSPS) is 16.8. The lowest BCUT2D eigenvalue weighted by Crippen LogP contribution is -2.12. The number of hydrogen-bond donors (Lipinski definition) is 0. The first-order chi connectivity index (χ1) is 14.1. The second-order valence-electron chi connectivity index (χ2n) is 6.75. The molecule has 0 amide bonds. The molecule has 2 aromatic rings. The number of ether oxygens (including phenoxy) is 4. The summed E-state index contributed by atoms with van der Waals surface area (Å²) >= 11 is 0. The second kappa shape index (κ2) is 9.32. The van der Waals surface area contributed by atoms with Gasteiger partial charge in [0, 0.05) is 11.1 Å². The van der Waals surface area contributed by atoms with E-state index in [1.807, 2.05) is 48.6 Å². The van der Waals surface area contributed by atoms with E-state index in [1.54, 1.807) is 28.4 Å². The van der Waals surface area contributed by atoms with Gasteiger partial charge in [0.15, 0.2) is 28.8 Å². The van der Waals surface area contributed by atoms with Gasteiger partial charge in [0.1, 0.15) is 0 Å². The fourth-order valence-corrected chi connectivity index (χ4v) is 3.47. The van der Waals surface area contributed by atoms with Crippen molar-refractivity contribution in [2.24, 2.45) is 0 Å². The van der Waals surface area contributed by atoms with Gasteiger partial charge >= 0.3 is 0 Å². The molecular weight excluding hydrogens is 368 g/mol. The van der Waals surface area contributed by atoms with Crippen molar-refractivity contribution in [3.8, 4) is 23.0 Å². The molecule has 0 N–H and O–H groups in total. The van der Waals surface area contributed by atoms with Gasteiger partial charge in [-0.1, -0.05) is 12.1 Å². The summed E-state index contributed by atoms with van der Waals surface area (Å²) in [7, 11) is 6.41. The summed E-state index contributed by atoms with van der Waals surface area (Å²) in [4.78, 5) is 13.0. The van der Waals surface area contributed by atoms with Crippen LogP contribution < -0.4 is 18.9 Å². The van der Waals surface area contributed by atoms with Gasteiger partial charge in [-0.05, 0) is 66.8 Å². The molecular formula is C24H26O5. The molecule has 0 aliphatic heterocycles. The standard InChI is InChI=1S/C24H26O5/c1-26-20-10-8-16(14-22(20)28-3)12-18-6-5-7-19(24(18)25)13-17-9-11-21(27-2)23(15-17)29-4/h8-15H,5-7H2,1-4H3/b18-12+,19-13+. The first-order valence-corrected chi connectivity index (χ1v) is 9.49. The monoisotopic (exact) mass is 394 g/mol. The predicted molar refractivity (Wildman–Crippen MR) is 114 cm³/mol. The number of rotatable bonds is 6. The Morgan fingerprint density at radius 2 is 1.07 bits per heavy atom. The molecule has 152 valence electrons. The highest BCUT2D eigenvalue weighted by Crippen LogP contribution is 2.33. The number of allylic oxidation sites excluding steroid dienone is 2. The van der Waals surface area contributed by atoms with Gasteiger partial charge in [-0.15, -0.1) is 0 Å². The molecule has 1 saturated carbocycles. The first-order valence-electron chi connectivity index (χ1n) is 9.49. The molecule has 5 nitrogen and oxygen atoms in total. The molecule has 0 bridgehead atoms. The second-order valence-corrected chi connectivity index (χ2v) is 6.75. The average molecular weight is 394 g/mol. The van der Waals surface area contributed by atoms with Crippen LogP contribution in [0.2, 0.25) is 0 Å². The van der Waals surface area contributed by atoms with Crippen LogP contribution in [0.4, 0.5) is 0 Å². The van der Waals surface area contributed by atoms with Crippen molar-refractivity contribution < 1.29 is 23.7 Å². The zero-order chi connectivity index (χ0) is 20.8. The summed E-state index contributed by atoms with van der Waals surface area (Å²) in [5.74, 6) is 2.70. The molecule has 0 spiro atoms. The molecule has 2 aromatic carbocycles. The zero-order valence-corrected chi connectivity index (χ0v) is 17.3. The third-order valence-corrected chi connectivity index (χ3v) is 4.97. The van der Waals surface area contributed by atoms with Crippen LogP contribution in [0.25, 0.3) is 12.2 Å². The van der Waals surface area contributed by atoms with Gasteiger partial charge in [-0.25, -0.2) is 0 Å². The maximum atomic E-state index is 13.0. The Bertz CT molecular complexity index is 880. The Balaban J connectivity index is 1.89. The molecule has 0 aromatic heterocycles. The quantitative estimate of drug-likeness (QED) is 0.650. The minimum absolute atomic E-state index is 0.0841. The van der Waals surface area contributed by atoms with Crippen molar-refractivity contribution in [1.29, 1.82) is 0 Å². The summed E-state index contributed by atoms with van der Waals surface area (Å²) in [6.07, 6.45) is 6.33. The van der Waals surface area contributed by atoms with Crippen molar-refractivity contribution in [2.75, 3.05) is 28.4 Å². The molecule has 0 saturated heterocycles. The van der Waals surface area contributed by atoms with Crippen molar-refractivity contribution in [3.63, 3.8) is 0 Å². The van der Waals surface area contributed by atoms with Crippen LogP contribution in [-0.2, 0) is 4.79 Å². The summed E-state index contributed by atoms with van der Waals surface area (Å²) in [5, 5.41) is 0. The smallest absolute Gasteiger partial charge is 0.185 e. The van der Waals surface area contributed by atoms with Crippen LogP contribution in [0.15, 0.2) is 47.5 Å². The van der Waals surface area contributed by atoms with E-state index in [9.17, 15) is 4.79 Å². The molecule has 0 radical (unpaired) electrons. The number of carbonyl (C=O) groups is 1. The highest BCUT2D eigenvalue weighted by Gasteiger charge is 2.21. The molecule has 1 fully saturated rings. The van der Waals surface area contributed by atoms with E-state index in [2.05, 4.69) is 0 Å². The number of Topliss-reactive ketones (excluding diaryl/α,β-unsaturated/α-hetero) is 1. The van der Waals surface area contributed by atoms with Crippen molar-refractivity contribution in [1.82, 2.24) is 0 Å². The minimum atomic E-state index is 0.0841. The predicted octanol–water partition coefficient (Wildman–Crippen LogP) is 4.94. The van der Waals surface area contributed by atoms with Crippen molar-refractivity contribution in [3.05, 3.63) is 58.7 Å². The van der Waals surface area contributed by atoms with E-state index < -0.39 is 0 Å². The van der Waals surface area contributed by atoms with E-state index >= 15 is 0 Å². The number of hydrogen-bond acceptors (Lipinski definition) is 5. The molecule has 1 aliphatic carbocycles. The Kier molecular flexibility index (Phi) is 6.60. The average Bonchev–Trinajstić information content (AvgIpc) is 2.76. The zero-order valence-electron chi connectivity index (χ0n) is 17.3. The van der Waals surface area contributed by atoms with E-state index in [4.69, 9.17) is 18.9 Å². The Morgan fingerprint density at radius 3 is 1.45 bits per heavy atom. The van der Waals surface area contributed by atoms with Gasteiger partial charge in [-0.3, -0.25) is 4.79 Å². The van der Waals surface area contributed by atoms with E-state index in [1.165, 1.54) is 0 Å². The molecule has 3 rings (SSSR count). The molecule has 1 aliphatic rings. The van der Waals surface area contributed by atoms with Gasteiger partial charge in [0.2, 0.25) is 0 Å². The van der Waals surface area contributed by atoms with Gasteiger partial charge in [0.05, 0.1) is 28.4 Å². The van der Waals surface area contributed by atoms with Crippen LogP contribution in [-0.4, -0.2) is 34.2 Å². The van der Waals surface area contributed by atoms with Gasteiger partial charge in [-0.2, -0.15) is 0 Å². The molecule has 29 heavy (non-hydrogen) atoms. The molecule has 5 heteroatoms. The van der Waals surface area contributed by atoms with Crippen LogP contribution in [0.3, 0.4) is 0 Å². The Hall–Kier alpha value is -3.21. The summed E-state index contributed by atoms with van der Waals surface area (Å²) in [5.41, 5.74) is 3.43. The SMILES string of the molecule is COc1ccc(/C=C2\CCC/C(=C\c3ccc(OC)c(OC)c3)C2=O)cc1OC. The molecule has 0 atom stereocenters. The van der Waals surface area contributed by atoms with E-state index in [0.717, 1.165) is 41.5 Å². The van der Waals surface area contributed by atoms with Crippen molar-refractivity contribution in [2.45, 2.75) is 19.3 Å². The highest BCUT2D eigenvalue weighted by atomic mass is 16.5. The van der Waals surface area contributed by atoms with Gasteiger partial charge in [0.25, 0.3) is 0 Å². The van der Waals surface area contributed by atoms with Crippen LogP contribution in [0, 0.1) is 0 Å². The van der Waals surface area contributed by atoms with Crippen LogP contribution in [0.5, 0.6) is 23.0 Å². The van der Waals surface area contributed by atoms with Gasteiger partial charge < -0.3 is 18.9 Å². The number of ketones is 1. The molecule has 0 heterocycles. The fraction of sp³-hybridized carbons (Fsp3) is 0.292. The van der Waals surface area contributed by atoms with Crippen LogP contribution >= 0.6 is 0 Å². The first kappa shape index (κ1) is 20.5. The minimum Gasteiger partial charge on any atom is -0.493 e. The number of benzene rings is 2. The maximum Gasteiger partial charge on any atom is 0.185 e. The maximum absolute atomic E-state index is 13.0. The topological polar surface area (TPSA) is 54.0 Å². The molecule has 0 unspecified atom stereocenters. The Labute approximate surface area is 171 Å². The summed E-state index contributed by atoms with van der Waals surface area (Å²) in [6, 6.07) is 11.3. The summed E-state index contributed by atoms with van der Waals surface area (Å²) < 4.78 is 21.3. The fourth-order valence-electron chi connectivity index (χ4n) is 3.47. The van der Waals surface area contributed by atoms with E-state index in [0.29, 0.717) is 23.0 Å². The lowest BCUT2D eigenvalue weighted by Gasteiger charge is -2.17. The largest absolute Gasteiger partial charge is 0.493 e. The number of carbonyl (C=O) groups excluding carboxylic acids is 1. The summed E-state index contributed by atoms with van der Waals surface area (Å²) in [6.45, 7) is 0. The van der Waals surface area contributed by atoms with E-state index in [-0.39, 0.29) is 5.78 Å². The lowest BCUT2D eigenvalue weighted by atomic mass is 9.87.